The molecule has 1 aliphatic carbocycles. The van der Waals surface area contributed by atoms with Crippen LogP contribution in [0.25, 0.3) is 0 Å². The van der Waals surface area contributed by atoms with Crippen LogP contribution in [0.2, 0.25) is 0 Å². The molecule has 0 nitrogen and oxygen atoms in total. The van der Waals surface area contributed by atoms with Crippen molar-refractivity contribution in [1.82, 2.24) is 0 Å². The molecule has 1 aromatic heterocycles. The first-order valence-corrected chi connectivity index (χ1v) is 5.07. The quantitative estimate of drug-likeness (QED) is 0.610. The lowest BCUT2D eigenvalue weighted by molar-refractivity contribution is -0.176. The van der Waals surface area contributed by atoms with Gasteiger partial charge in [0.25, 0.3) is 0 Å². The zero-order valence-corrected chi connectivity index (χ0v) is 7.71. The summed E-state index contributed by atoms with van der Waals surface area (Å²) in [5, 5.41) is 1.88. The van der Waals surface area contributed by atoms with Crippen molar-refractivity contribution >= 4 is 11.3 Å². The summed E-state index contributed by atoms with van der Waals surface area (Å²) < 4.78 is 37.0. The van der Waals surface area contributed by atoms with Gasteiger partial charge in [0.2, 0.25) is 0 Å². The van der Waals surface area contributed by atoms with E-state index in [0.717, 1.165) is 10.4 Å². The maximum Gasteiger partial charge on any atom is 0.392 e. The van der Waals surface area contributed by atoms with Gasteiger partial charge < -0.3 is 0 Å². The van der Waals surface area contributed by atoms with Crippen LogP contribution < -0.4 is 0 Å². The maximum atomic E-state index is 12.3. The van der Waals surface area contributed by atoms with Crippen LogP contribution in [0.3, 0.4) is 0 Å². The van der Waals surface area contributed by atoms with E-state index < -0.39 is 12.1 Å². The predicted molar refractivity (Wildman–Crippen MR) is 45.9 cm³/mol. The van der Waals surface area contributed by atoms with Crippen molar-refractivity contribution in [2.75, 3.05) is 0 Å². The van der Waals surface area contributed by atoms with Gasteiger partial charge in [-0.3, -0.25) is 0 Å². The van der Waals surface area contributed by atoms with Crippen molar-refractivity contribution in [2.45, 2.75) is 25.4 Å². The fraction of sp³-hybridized carbons (Fsp3) is 0.556. The normalized spacial score (nSPS) is 22.8. The fourth-order valence-corrected chi connectivity index (χ4v) is 2.66. The molecule has 1 unspecified atom stereocenters. The topological polar surface area (TPSA) is 0 Å². The molecule has 0 amide bonds. The minimum atomic E-state index is -4.01. The molecule has 4 heteroatoms. The highest BCUT2D eigenvalue weighted by Crippen LogP contribution is 2.38. The van der Waals surface area contributed by atoms with Crippen molar-refractivity contribution in [2.24, 2.45) is 5.92 Å². The van der Waals surface area contributed by atoms with E-state index in [4.69, 9.17) is 0 Å². The Kier molecular flexibility index (Phi) is 2.10. The molecule has 0 fully saturated rings. The molecular weight excluding hydrogens is 197 g/mol. The van der Waals surface area contributed by atoms with Gasteiger partial charge in [0.05, 0.1) is 5.92 Å². The number of alkyl halides is 3. The van der Waals surface area contributed by atoms with Crippen LogP contribution in [0.15, 0.2) is 11.4 Å². The molecule has 0 bridgehead atoms. The van der Waals surface area contributed by atoms with Crippen LogP contribution in [0.5, 0.6) is 0 Å². The first kappa shape index (κ1) is 9.06. The minimum absolute atomic E-state index is 0.183. The summed E-state index contributed by atoms with van der Waals surface area (Å²) in [4.78, 5) is 1.14. The summed E-state index contributed by atoms with van der Waals surface area (Å²) in [5.74, 6) is -1.12. The molecule has 0 saturated heterocycles. The highest BCUT2D eigenvalue weighted by molar-refractivity contribution is 7.10. The largest absolute Gasteiger partial charge is 0.392 e. The third-order valence-corrected chi connectivity index (χ3v) is 3.51. The number of aryl methyl sites for hydroxylation is 1. The van der Waals surface area contributed by atoms with Crippen molar-refractivity contribution in [1.29, 1.82) is 0 Å². The van der Waals surface area contributed by atoms with Gasteiger partial charge in [0.1, 0.15) is 0 Å². The van der Waals surface area contributed by atoms with Gasteiger partial charge >= 0.3 is 6.18 Å². The lowest BCUT2D eigenvalue weighted by Crippen LogP contribution is -2.28. The summed E-state index contributed by atoms with van der Waals surface area (Å²) in [7, 11) is 0. The Morgan fingerprint density at radius 1 is 1.38 bits per heavy atom. The van der Waals surface area contributed by atoms with E-state index in [9.17, 15) is 13.2 Å². The Labute approximate surface area is 78.4 Å². The standard InChI is InChI=1S/C9H9F3S/c10-9(11,12)7-1-2-8-6(5-7)3-4-13-8/h3-4,7H,1-2,5H2. The van der Waals surface area contributed by atoms with Crippen LogP contribution in [0.4, 0.5) is 13.2 Å². The van der Waals surface area contributed by atoms with E-state index in [1.807, 2.05) is 11.4 Å². The van der Waals surface area contributed by atoms with E-state index in [-0.39, 0.29) is 12.8 Å². The molecule has 0 radical (unpaired) electrons. The molecule has 0 aliphatic heterocycles. The zero-order chi connectivity index (χ0) is 9.47. The van der Waals surface area contributed by atoms with Gasteiger partial charge in [0.15, 0.2) is 0 Å². The molecule has 72 valence electrons. The smallest absolute Gasteiger partial charge is 0.171 e. The molecule has 0 spiro atoms. The molecule has 1 aliphatic rings. The zero-order valence-electron chi connectivity index (χ0n) is 6.90. The Morgan fingerprint density at radius 3 is 2.85 bits per heavy atom. The number of hydrogen-bond donors (Lipinski definition) is 0. The van der Waals surface area contributed by atoms with E-state index in [0.29, 0.717) is 6.42 Å². The SMILES string of the molecule is FC(F)(F)C1CCc2sccc2C1. The minimum Gasteiger partial charge on any atom is -0.171 e. The molecule has 1 heterocycles. The van der Waals surface area contributed by atoms with E-state index in [1.165, 1.54) is 0 Å². The van der Waals surface area contributed by atoms with Crippen molar-refractivity contribution in [3.05, 3.63) is 21.9 Å². The number of fused-ring (bicyclic) bond motifs is 1. The third-order valence-electron chi connectivity index (χ3n) is 2.49. The predicted octanol–water partition coefficient (Wildman–Crippen LogP) is 3.42. The summed E-state index contributed by atoms with van der Waals surface area (Å²) in [6, 6.07) is 1.82. The lowest BCUT2D eigenvalue weighted by Gasteiger charge is -2.24. The van der Waals surface area contributed by atoms with Crippen LogP contribution in [0, 0.1) is 5.92 Å². The molecule has 1 aromatic rings. The summed E-state index contributed by atoms with van der Waals surface area (Å²) >= 11 is 1.57. The number of hydrogen-bond acceptors (Lipinski definition) is 1. The lowest BCUT2D eigenvalue weighted by atomic mass is 9.88. The fourth-order valence-electron chi connectivity index (χ4n) is 1.72. The highest BCUT2D eigenvalue weighted by Gasteiger charge is 2.41. The maximum absolute atomic E-state index is 12.3. The van der Waals surface area contributed by atoms with Crippen LogP contribution in [-0.2, 0) is 12.8 Å². The average molecular weight is 206 g/mol. The number of halogens is 3. The molecule has 0 saturated carbocycles. The van der Waals surface area contributed by atoms with Gasteiger partial charge in [0, 0.05) is 4.88 Å². The molecule has 0 aromatic carbocycles. The first-order valence-electron chi connectivity index (χ1n) is 4.19. The Hall–Kier alpha value is -0.510. The molecule has 0 N–H and O–H groups in total. The Bertz CT molecular complexity index is 300. The first-order chi connectivity index (χ1) is 6.07. The monoisotopic (exact) mass is 206 g/mol. The van der Waals surface area contributed by atoms with Crippen LogP contribution in [-0.4, -0.2) is 6.18 Å². The van der Waals surface area contributed by atoms with E-state index >= 15 is 0 Å². The van der Waals surface area contributed by atoms with Gasteiger partial charge in [-0.25, -0.2) is 0 Å². The van der Waals surface area contributed by atoms with Crippen molar-refractivity contribution in [3.8, 4) is 0 Å². The number of rotatable bonds is 0. The summed E-state index contributed by atoms with van der Waals surface area (Å²) in [5.41, 5.74) is 0.901. The van der Waals surface area contributed by atoms with Gasteiger partial charge in [-0.05, 0) is 36.3 Å². The second kappa shape index (κ2) is 3.01. The van der Waals surface area contributed by atoms with Gasteiger partial charge in [-0.2, -0.15) is 13.2 Å². The van der Waals surface area contributed by atoms with Gasteiger partial charge in [-0.15, -0.1) is 11.3 Å². The Morgan fingerprint density at radius 2 is 2.15 bits per heavy atom. The number of thiophene rings is 1. The van der Waals surface area contributed by atoms with Crippen molar-refractivity contribution in [3.63, 3.8) is 0 Å². The Balaban J connectivity index is 2.18. The molecule has 13 heavy (non-hydrogen) atoms. The summed E-state index contributed by atoms with van der Waals surface area (Å²) in [6.45, 7) is 0. The second-order valence-electron chi connectivity index (χ2n) is 3.35. The van der Waals surface area contributed by atoms with Crippen LogP contribution >= 0.6 is 11.3 Å². The summed E-state index contributed by atoms with van der Waals surface area (Å²) in [6.07, 6.45) is -2.98. The molecular formula is C9H9F3S. The highest BCUT2D eigenvalue weighted by atomic mass is 32.1. The molecule has 1 atom stereocenters. The van der Waals surface area contributed by atoms with Gasteiger partial charge in [-0.1, -0.05) is 0 Å². The second-order valence-corrected chi connectivity index (χ2v) is 4.35. The third kappa shape index (κ3) is 1.73. The van der Waals surface area contributed by atoms with E-state index in [1.54, 1.807) is 11.3 Å². The van der Waals surface area contributed by atoms with E-state index in [2.05, 4.69) is 0 Å². The average Bonchev–Trinajstić information content (AvgIpc) is 2.47. The molecule has 2 rings (SSSR count). The van der Waals surface area contributed by atoms with Crippen LogP contribution in [0.1, 0.15) is 16.9 Å². The van der Waals surface area contributed by atoms with Crippen molar-refractivity contribution < 1.29 is 13.2 Å².